The minimum Gasteiger partial charge on any atom is -0.491 e. The molecule has 8 nitrogen and oxygen atoms in total. The summed E-state index contributed by atoms with van der Waals surface area (Å²) in [5, 5.41) is 11.6. The van der Waals surface area contributed by atoms with E-state index in [1.807, 2.05) is 0 Å². The first-order valence-electron chi connectivity index (χ1n) is 7.60. The van der Waals surface area contributed by atoms with Crippen LogP contribution in [-0.4, -0.2) is 31.3 Å². The molecular formula is C17H12F2N2O6S. The number of anilines is 2. The lowest BCUT2D eigenvalue weighted by Gasteiger charge is -2.16. The Hall–Kier alpha value is -3.47. The topological polar surface area (TPSA) is 109 Å². The van der Waals surface area contributed by atoms with Crippen molar-refractivity contribution in [2.24, 2.45) is 0 Å². The fraction of sp³-hybridized carbons (Fsp3) is 0.118. The Morgan fingerprint density at radius 1 is 1.29 bits per heavy atom. The van der Waals surface area contributed by atoms with Crippen LogP contribution in [0.4, 0.5) is 24.3 Å². The molecule has 2 N–H and O–H groups in total. The molecule has 0 unspecified atom stereocenters. The molecule has 2 aromatic heterocycles. The van der Waals surface area contributed by atoms with E-state index in [4.69, 9.17) is 9.52 Å². The molecular weight excluding hydrogens is 398 g/mol. The molecule has 0 spiro atoms. The number of rotatable bonds is 4. The van der Waals surface area contributed by atoms with Crippen molar-refractivity contribution in [3.05, 3.63) is 51.9 Å². The summed E-state index contributed by atoms with van der Waals surface area (Å²) >= 11 is 0.990. The van der Waals surface area contributed by atoms with Gasteiger partial charge >= 0.3 is 17.6 Å². The van der Waals surface area contributed by atoms with Gasteiger partial charge in [0.15, 0.2) is 23.0 Å². The average molecular weight is 410 g/mol. The number of urea groups is 1. The van der Waals surface area contributed by atoms with Gasteiger partial charge in [0.2, 0.25) is 0 Å². The summed E-state index contributed by atoms with van der Waals surface area (Å²) < 4.78 is 37.6. The van der Waals surface area contributed by atoms with Crippen LogP contribution < -0.4 is 20.6 Å². The molecule has 0 radical (unpaired) electrons. The lowest BCUT2D eigenvalue weighted by molar-refractivity contribution is 0.0692. The summed E-state index contributed by atoms with van der Waals surface area (Å²) in [7, 11) is 2.46. The number of amides is 2. The lowest BCUT2D eigenvalue weighted by atomic mass is 10.2. The summed E-state index contributed by atoms with van der Waals surface area (Å²) in [4.78, 5) is 36.2. The fourth-order valence-corrected chi connectivity index (χ4v) is 3.32. The highest BCUT2D eigenvalue weighted by molar-refractivity contribution is 7.22. The number of carboxylic acids is 1. The van der Waals surface area contributed by atoms with Crippen molar-refractivity contribution in [1.82, 2.24) is 0 Å². The number of carbonyl (C=O) groups excluding carboxylic acids is 1. The summed E-state index contributed by atoms with van der Waals surface area (Å²) in [5.74, 6) is -4.06. The van der Waals surface area contributed by atoms with E-state index in [-0.39, 0.29) is 11.3 Å². The number of carbonyl (C=O) groups is 2. The molecule has 1 aromatic carbocycles. The van der Waals surface area contributed by atoms with Crippen molar-refractivity contribution in [3.63, 3.8) is 0 Å². The zero-order chi connectivity index (χ0) is 20.6. The third-order valence-corrected chi connectivity index (χ3v) is 4.91. The first-order chi connectivity index (χ1) is 13.2. The second-order valence-corrected chi connectivity index (χ2v) is 6.56. The molecule has 0 aliphatic carbocycles. The summed E-state index contributed by atoms with van der Waals surface area (Å²) in [6.07, 6.45) is 0. The molecule has 3 aromatic rings. The lowest BCUT2D eigenvalue weighted by Crippen LogP contribution is -2.30. The van der Waals surface area contributed by atoms with Crippen LogP contribution in [-0.2, 0) is 0 Å². The number of benzene rings is 1. The zero-order valence-electron chi connectivity index (χ0n) is 14.4. The van der Waals surface area contributed by atoms with Crippen molar-refractivity contribution in [3.8, 4) is 5.75 Å². The predicted molar refractivity (Wildman–Crippen MR) is 97.7 cm³/mol. The number of methoxy groups -OCH3 is 1. The van der Waals surface area contributed by atoms with Crippen molar-refractivity contribution >= 4 is 44.3 Å². The van der Waals surface area contributed by atoms with E-state index in [1.165, 1.54) is 13.1 Å². The van der Waals surface area contributed by atoms with E-state index < -0.39 is 40.6 Å². The standard InChI is InChI=1S/C17H12F2N2O6S/c1-21(17(25)20-9-4-3-8(18)14(26-2)13(9)19)12-6-10-11(28-12)5-7(15(22)23)16(24)27-10/h3-6H,1-2H3,(H,20,25)(H,22,23). The normalized spacial score (nSPS) is 10.7. The van der Waals surface area contributed by atoms with Crippen LogP contribution in [0.25, 0.3) is 10.3 Å². The van der Waals surface area contributed by atoms with Crippen LogP contribution in [0.15, 0.2) is 33.5 Å². The largest absolute Gasteiger partial charge is 0.491 e. The zero-order valence-corrected chi connectivity index (χ0v) is 15.2. The third-order valence-electron chi connectivity index (χ3n) is 3.77. The van der Waals surface area contributed by atoms with Gasteiger partial charge in [0.25, 0.3) is 0 Å². The highest BCUT2D eigenvalue weighted by Crippen LogP contribution is 2.33. The van der Waals surface area contributed by atoms with Gasteiger partial charge in [-0.25, -0.2) is 23.2 Å². The Kier molecular flexibility index (Phi) is 5.01. The second-order valence-electron chi connectivity index (χ2n) is 5.50. The molecule has 28 heavy (non-hydrogen) atoms. The summed E-state index contributed by atoms with van der Waals surface area (Å²) in [5.41, 5.74) is -1.74. The number of thiophene rings is 1. The number of hydrogen-bond acceptors (Lipinski definition) is 6. The van der Waals surface area contributed by atoms with Crippen molar-refractivity contribution < 1.29 is 32.6 Å². The van der Waals surface area contributed by atoms with Gasteiger partial charge in [-0.05, 0) is 18.2 Å². The maximum Gasteiger partial charge on any atom is 0.351 e. The van der Waals surface area contributed by atoms with Gasteiger partial charge in [-0.2, -0.15) is 0 Å². The van der Waals surface area contributed by atoms with Gasteiger partial charge in [-0.1, -0.05) is 0 Å². The minimum absolute atomic E-state index is 0.101. The molecule has 0 fully saturated rings. The quantitative estimate of drug-likeness (QED) is 0.681. The monoisotopic (exact) mass is 410 g/mol. The van der Waals surface area contributed by atoms with Crippen LogP contribution in [0.2, 0.25) is 0 Å². The van der Waals surface area contributed by atoms with Crippen molar-refractivity contribution in [1.29, 1.82) is 0 Å². The second kappa shape index (κ2) is 7.27. The Bertz CT molecular complexity index is 1160. The highest BCUT2D eigenvalue weighted by Gasteiger charge is 2.21. The summed E-state index contributed by atoms with van der Waals surface area (Å²) in [6, 6.07) is 3.74. The number of hydrogen-bond donors (Lipinski definition) is 2. The molecule has 11 heteroatoms. The molecule has 146 valence electrons. The number of fused-ring (bicyclic) bond motifs is 1. The van der Waals surface area contributed by atoms with Crippen LogP contribution in [0.1, 0.15) is 10.4 Å². The number of halogens is 2. The molecule has 0 saturated carbocycles. The Balaban J connectivity index is 1.90. The molecule has 2 heterocycles. The molecule has 0 atom stereocenters. The number of ether oxygens (including phenoxy) is 1. The van der Waals surface area contributed by atoms with E-state index in [2.05, 4.69) is 10.1 Å². The van der Waals surface area contributed by atoms with E-state index in [0.717, 1.165) is 41.5 Å². The molecule has 0 saturated heterocycles. The van der Waals surface area contributed by atoms with Crippen molar-refractivity contribution in [2.75, 3.05) is 24.4 Å². The first-order valence-corrected chi connectivity index (χ1v) is 8.42. The van der Waals surface area contributed by atoms with Gasteiger partial charge in [0.1, 0.15) is 10.6 Å². The Labute approximate surface area is 159 Å². The number of aromatic carboxylic acids is 1. The van der Waals surface area contributed by atoms with Gasteiger partial charge < -0.3 is 19.6 Å². The molecule has 0 bridgehead atoms. The minimum atomic E-state index is -1.43. The molecule has 2 amide bonds. The first kappa shape index (κ1) is 19.3. The van der Waals surface area contributed by atoms with Crippen LogP contribution >= 0.6 is 11.3 Å². The Morgan fingerprint density at radius 3 is 2.64 bits per heavy atom. The highest BCUT2D eigenvalue weighted by atomic mass is 32.1. The fourth-order valence-electron chi connectivity index (χ4n) is 2.33. The molecule has 3 rings (SSSR count). The van der Waals surface area contributed by atoms with Gasteiger partial charge in [-0.3, -0.25) is 4.90 Å². The van der Waals surface area contributed by atoms with E-state index in [0.29, 0.717) is 9.70 Å². The van der Waals surface area contributed by atoms with Crippen LogP contribution in [0.3, 0.4) is 0 Å². The predicted octanol–water partition coefficient (Wildman–Crippen LogP) is 3.51. The van der Waals surface area contributed by atoms with Crippen molar-refractivity contribution in [2.45, 2.75) is 0 Å². The third kappa shape index (κ3) is 3.39. The van der Waals surface area contributed by atoms with Gasteiger partial charge in [0.05, 0.1) is 17.5 Å². The number of nitrogens with one attached hydrogen (secondary N) is 1. The number of nitrogens with zero attached hydrogens (tertiary/aromatic N) is 1. The van der Waals surface area contributed by atoms with Crippen LogP contribution in [0.5, 0.6) is 5.75 Å². The van der Waals surface area contributed by atoms with E-state index in [9.17, 15) is 23.2 Å². The van der Waals surface area contributed by atoms with E-state index >= 15 is 0 Å². The molecule has 0 aliphatic rings. The smallest absolute Gasteiger partial charge is 0.351 e. The molecule has 0 aliphatic heterocycles. The van der Waals surface area contributed by atoms with Crippen LogP contribution in [0, 0.1) is 11.6 Å². The van der Waals surface area contributed by atoms with Gasteiger partial charge in [-0.15, -0.1) is 11.3 Å². The maximum atomic E-state index is 14.2. The van der Waals surface area contributed by atoms with E-state index in [1.54, 1.807) is 0 Å². The Morgan fingerprint density at radius 2 is 2.00 bits per heavy atom. The maximum absolute atomic E-state index is 14.2. The summed E-state index contributed by atoms with van der Waals surface area (Å²) in [6.45, 7) is 0. The number of carboxylic acid groups (broad SMARTS) is 1. The van der Waals surface area contributed by atoms with Gasteiger partial charge in [0, 0.05) is 13.1 Å². The average Bonchev–Trinajstić information content (AvgIpc) is 3.05. The SMILES string of the molecule is COc1c(F)ccc(NC(=O)N(C)c2cc3oc(=O)c(C(=O)O)cc3s2)c1F.